The fourth-order valence-corrected chi connectivity index (χ4v) is 5.90. The molecule has 0 N–H and O–H groups in total. The molecule has 1 aliphatic rings. The number of sulfonamides is 1. The summed E-state index contributed by atoms with van der Waals surface area (Å²) >= 11 is 0. The van der Waals surface area contributed by atoms with Crippen LogP contribution in [0.2, 0.25) is 0 Å². The van der Waals surface area contributed by atoms with Crippen molar-refractivity contribution in [2.24, 2.45) is 0 Å². The van der Waals surface area contributed by atoms with Crippen molar-refractivity contribution in [2.75, 3.05) is 32.7 Å². The number of hydrogen-bond donors (Lipinski definition) is 0. The number of fused-ring (bicyclic) bond motifs is 1. The molecule has 180 valence electrons. The van der Waals surface area contributed by atoms with Crippen molar-refractivity contribution < 1.29 is 13.2 Å². The van der Waals surface area contributed by atoms with Gasteiger partial charge in [0.25, 0.3) is 5.91 Å². The largest absolute Gasteiger partial charge is 0.336 e. The monoisotopic (exact) mass is 479 g/mol. The second-order valence-corrected chi connectivity index (χ2v) is 11.0. The molecule has 3 aromatic rings. The minimum absolute atomic E-state index is 0.0505. The van der Waals surface area contributed by atoms with Crippen LogP contribution in [0.3, 0.4) is 0 Å². The van der Waals surface area contributed by atoms with Crippen LogP contribution in [0.25, 0.3) is 10.8 Å². The topological polar surface area (TPSA) is 60.9 Å². The SMILES string of the molecule is CCN(Cc1ccc(C(=O)N2CCN(S(=O)(=O)c3ccc4ccccc4c3)CC2)cc1)C(C)C. The van der Waals surface area contributed by atoms with Crippen LogP contribution in [-0.4, -0.2) is 67.2 Å². The smallest absolute Gasteiger partial charge is 0.253 e. The van der Waals surface area contributed by atoms with E-state index < -0.39 is 10.0 Å². The van der Waals surface area contributed by atoms with Crippen LogP contribution in [0.15, 0.2) is 71.6 Å². The highest BCUT2D eigenvalue weighted by molar-refractivity contribution is 7.89. The Labute approximate surface area is 202 Å². The van der Waals surface area contributed by atoms with Crippen LogP contribution >= 0.6 is 0 Å². The molecule has 4 rings (SSSR count). The standard InChI is InChI=1S/C27H33N3O3S/c1-4-28(21(2)3)20-22-9-11-24(12-10-22)27(31)29-15-17-30(18-16-29)34(32,33)26-14-13-23-7-5-6-8-25(23)19-26/h5-14,19,21H,4,15-18,20H2,1-3H3. The summed E-state index contributed by atoms with van der Waals surface area (Å²) in [6, 6.07) is 21.2. The molecule has 0 saturated carbocycles. The van der Waals surface area contributed by atoms with Gasteiger partial charge < -0.3 is 4.90 Å². The van der Waals surface area contributed by atoms with E-state index in [0.717, 1.165) is 23.9 Å². The number of rotatable bonds is 7. The zero-order valence-electron chi connectivity index (χ0n) is 20.1. The van der Waals surface area contributed by atoms with Crippen molar-refractivity contribution >= 4 is 26.7 Å². The Balaban J connectivity index is 1.39. The van der Waals surface area contributed by atoms with Crippen molar-refractivity contribution in [3.8, 4) is 0 Å². The van der Waals surface area contributed by atoms with Gasteiger partial charge in [-0.25, -0.2) is 8.42 Å². The van der Waals surface area contributed by atoms with E-state index in [0.29, 0.717) is 42.7 Å². The van der Waals surface area contributed by atoms with Crippen molar-refractivity contribution in [3.63, 3.8) is 0 Å². The Hall–Kier alpha value is -2.74. The van der Waals surface area contributed by atoms with Crippen LogP contribution in [0, 0.1) is 0 Å². The Bertz CT molecular complexity index is 1250. The molecule has 1 amide bonds. The van der Waals surface area contributed by atoms with Crippen LogP contribution in [-0.2, 0) is 16.6 Å². The first-order valence-electron chi connectivity index (χ1n) is 11.9. The minimum Gasteiger partial charge on any atom is -0.336 e. The maximum atomic E-state index is 13.2. The number of amides is 1. The number of carbonyl (C=O) groups excluding carboxylic acids is 1. The number of piperazine rings is 1. The Kier molecular flexibility index (Phi) is 7.36. The van der Waals surface area contributed by atoms with E-state index in [4.69, 9.17) is 0 Å². The first kappa shape index (κ1) is 24.4. The Morgan fingerprint density at radius 1 is 0.912 bits per heavy atom. The molecular weight excluding hydrogens is 446 g/mol. The maximum Gasteiger partial charge on any atom is 0.253 e. The molecule has 0 spiro atoms. The van der Waals surface area contributed by atoms with E-state index in [1.165, 1.54) is 9.87 Å². The summed E-state index contributed by atoms with van der Waals surface area (Å²) in [5, 5.41) is 1.91. The molecule has 0 aliphatic carbocycles. The molecule has 1 heterocycles. The van der Waals surface area contributed by atoms with Crippen molar-refractivity contribution in [3.05, 3.63) is 77.9 Å². The minimum atomic E-state index is -3.60. The van der Waals surface area contributed by atoms with E-state index in [1.807, 2.05) is 54.6 Å². The first-order chi connectivity index (χ1) is 16.3. The summed E-state index contributed by atoms with van der Waals surface area (Å²) in [6.07, 6.45) is 0. The molecule has 0 radical (unpaired) electrons. The summed E-state index contributed by atoms with van der Waals surface area (Å²) in [6.45, 7) is 9.69. The summed E-state index contributed by atoms with van der Waals surface area (Å²) in [5.74, 6) is -0.0505. The average Bonchev–Trinajstić information content (AvgIpc) is 2.86. The van der Waals surface area contributed by atoms with Crippen LogP contribution in [0.4, 0.5) is 0 Å². The van der Waals surface area contributed by atoms with Gasteiger partial charge in [-0.15, -0.1) is 0 Å². The van der Waals surface area contributed by atoms with Gasteiger partial charge in [0.05, 0.1) is 4.90 Å². The summed E-state index contributed by atoms with van der Waals surface area (Å²) in [4.78, 5) is 17.4. The molecule has 1 fully saturated rings. The second-order valence-electron chi connectivity index (χ2n) is 9.06. The van der Waals surface area contributed by atoms with Crippen LogP contribution in [0.1, 0.15) is 36.7 Å². The Morgan fingerprint density at radius 2 is 1.56 bits per heavy atom. The highest BCUT2D eigenvalue weighted by atomic mass is 32.2. The predicted octanol–water partition coefficient (Wildman–Crippen LogP) is 4.22. The average molecular weight is 480 g/mol. The second kappa shape index (κ2) is 10.3. The van der Waals surface area contributed by atoms with Crippen molar-refractivity contribution in [2.45, 2.75) is 38.3 Å². The number of benzene rings is 3. The van der Waals surface area contributed by atoms with Crippen LogP contribution < -0.4 is 0 Å². The van der Waals surface area contributed by atoms with Crippen LogP contribution in [0.5, 0.6) is 0 Å². The zero-order chi connectivity index (χ0) is 24.3. The molecular formula is C27H33N3O3S. The summed E-state index contributed by atoms with van der Waals surface area (Å²) < 4.78 is 27.9. The van der Waals surface area contributed by atoms with Crippen molar-refractivity contribution in [1.82, 2.24) is 14.1 Å². The van der Waals surface area contributed by atoms with Gasteiger partial charge in [-0.1, -0.05) is 49.4 Å². The van der Waals surface area contributed by atoms with Gasteiger partial charge in [-0.3, -0.25) is 9.69 Å². The van der Waals surface area contributed by atoms with Gasteiger partial charge in [0.2, 0.25) is 10.0 Å². The number of nitrogens with zero attached hydrogens (tertiary/aromatic N) is 3. The maximum absolute atomic E-state index is 13.2. The predicted molar refractivity (Wildman–Crippen MR) is 136 cm³/mol. The van der Waals surface area contributed by atoms with Gasteiger partial charge >= 0.3 is 0 Å². The molecule has 7 heteroatoms. The molecule has 0 unspecified atom stereocenters. The lowest BCUT2D eigenvalue weighted by molar-refractivity contribution is 0.0698. The fourth-order valence-electron chi connectivity index (χ4n) is 4.44. The molecule has 34 heavy (non-hydrogen) atoms. The third-order valence-electron chi connectivity index (χ3n) is 6.61. The fraction of sp³-hybridized carbons (Fsp3) is 0.370. The Morgan fingerprint density at radius 3 is 2.18 bits per heavy atom. The van der Waals surface area contributed by atoms with E-state index in [1.54, 1.807) is 17.0 Å². The summed E-state index contributed by atoms with van der Waals surface area (Å²) in [5.41, 5.74) is 1.82. The molecule has 6 nitrogen and oxygen atoms in total. The quantitative estimate of drug-likeness (QED) is 0.509. The van der Waals surface area contributed by atoms with Gasteiger partial charge in [0, 0.05) is 44.3 Å². The number of carbonyl (C=O) groups is 1. The van der Waals surface area contributed by atoms with Gasteiger partial charge in [0.1, 0.15) is 0 Å². The van der Waals surface area contributed by atoms with Gasteiger partial charge in [0.15, 0.2) is 0 Å². The molecule has 0 atom stereocenters. The molecule has 0 aromatic heterocycles. The normalized spacial score (nSPS) is 15.4. The highest BCUT2D eigenvalue weighted by Crippen LogP contribution is 2.23. The molecule has 1 aliphatic heterocycles. The van der Waals surface area contributed by atoms with E-state index in [-0.39, 0.29) is 5.91 Å². The van der Waals surface area contributed by atoms with E-state index in [9.17, 15) is 13.2 Å². The van der Waals surface area contributed by atoms with Crippen molar-refractivity contribution in [1.29, 1.82) is 0 Å². The van der Waals surface area contributed by atoms with E-state index in [2.05, 4.69) is 25.7 Å². The number of hydrogen-bond acceptors (Lipinski definition) is 4. The lowest BCUT2D eigenvalue weighted by atomic mass is 10.1. The third-order valence-corrected chi connectivity index (χ3v) is 8.50. The first-order valence-corrected chi connectivity index (χ1v) is 13.3. The van der Waals surface area contributed by atoms with E-state index >= 15 is 0 Å². The molecule has 1 saturated heterocycles. The zero-order valence-corrected chi connectivity index (χ0v) is 21.0. The lowest BCUT2D eigenvalue weighted by Gasteiger charge is -2.34. The molecule has 0 bridgehead atoms. The van der Waals surface area contributed by atoms with Gasteiger partial charge in [-0.05, 0) is 61.0 Å². The van der Waals surface area contributed by atoms with Gasteiger partial charge in [-0.2, -0.15) is 4.31 Å². The highest BCUT2D eigenvalue weighted by Gasteiger charge is 2.30. The molecule has 3 aromatic carbocycles. The summed E-state index contributed by atoms with van der Waals surface area (Å²) in [7, 11) is -3.60. The third kappa shape index (κ3) is 5.17. The lowest BCUT2D eigenvalue weighted by Crippen LogP contribution is -2.50.